The molecule has 100 valence electrons. The zero-order valence-electron chi connectivity index (χ0n) is 11.4. The van der Waals surface area contributed by atoms with Crippen molar-refractivity contribution in [3.63, 3.8) is 0 Å². The van der Waals surface area contributed by atoms with Crippen molar-refractivity contribution in [2.75, 3.05) is 11.9 Å². The van der Waals surface area contributed by atoms with Crippen LogP contribution in [0.5, 0.6) is 0 Å². The van der Waals surface area contributed by atoms with E-state index >= 15 is 0 Å². The normalized spacial score (nSPS) is 17.8. The summed E-state index contributed by atoms with van der Waals surface area (Å²) in [5.41, 5.74) is 4.55. The first kappa shape index (κ1) is 11.5. The van der Waals surface area contributed by atoms with Crippen molar-refractivity contribution in [2.24, 2.45) is 7.05 Å². The van der Waals surface area contributed by atoms with Crippen LogP contribution in [-0.2, 0) is 13.5 Å². The maximum atomic E-state index is 4.77. The molecule has 4 rings (SSSR count). The molecule has 1 unspecified atom stereocenters. The molecule has 4 nitrogen and oxygen atoms in total. The molecule has 0 radical (unpaired) electrons. The highest BCUT2D eigenvalue weighted by molar-refractivity contribution is 5.71. The third-order valence-corrected chi connectivity index (χ3v) is 4.05. The molecule has 0 bridgehead atoms. The number of pyridine rings is 1. The lowest BCUT2D eigenvalue weighted by Gasteiger charge is -2.25. The van der Waals surface area contributed by atoms with Crippen LogP contribution < -0.4 is 5.32 Å². The van der Waals surface area contributed by atoms with E-state index in [1.165, 1.54) is 11.3 Å². The molecule has 0 fully saturated rings. The van der Waals surface area contributed by atoms with Gasteiger partial charge in [-0.1, -0.05) is 18.2 Å². The van der Waals surface area contributed by atoms with Gasteiger partial charge in [-0.15, -0.1) is 0 Å². The summed E-state index contributed by atoms with van der Waals surface area (Å²) >= 11 is 0. The Morgan fingerprint density at radius 1 is 1.20 bits per heavy atom. The van der Waals surface area contributed by atoms with Gasteiger partial charge in [0.15, 0.2) is 5.65 Å². The maximum Gasteiger partial charge on any atom is 0.159 e. The molecular formula is C16H16N4. The number of hydrogen-bond donors (Lipinski definition) is 1. The molecule has 1 aliphatic rings. The molecule has 1 aromatic carbocycles. The highest BCUT2D eigenvalue weighted by atomic mass is 15.1. The quantitative estimate of drug-likeness (QED) is 0.735. The monoisotopic (exact) mass is 264 g/mol. The molecule has 2 aromatic heterocycles. The van der Waals surface area contributed by atoms with Gasteiger partial charge in [-0.3, -0.25) is 0 Å². The number of nitrogens with one attached hydrogen (secondary N) is 1. The second-order valence-corrected chi connectivity index (χ2v) is 5.31. The van der Waals surface area contributed by atoms with Crippen molar-refractivity contribution in [1.82, 2.24) is 14.5 Å². The van der Waals surface area contributed by atoms with Crippen molar-refractivity contribution in [2.45, 2.75) is 12.3 Å². The molecule has 0 spiro atoms. The summed E-state index contributed by atoms with van der Waals surface area (Å²) in [5.74, 6) is 1.50. The van der Waals surface area contributed by atoms with Crippen molar-refractivity contribution in [1.29, 1.82) is 0 Å². The molecule has 1 aliphatic heterocycles. The van der Waals surface area contributed by atoms with Gasteiger partial charge in [-0.25, -0.2) is 9.97 Å². The van der Waals surface area contributed by atoms with Crippen molar-refractivity contribution < 1.29 is 0 Å². The standard InChI is InChI=1S/C16H16N4/c1-20-15(19-14-7-4-8-17-16(14)20)12-9-11-5-2-3-6-13(11)18-10-12/h2-8,12,18H,9-10H2,1H3. The number of imidazole rings is 1. The summed E-state index contributed by atoms with van der Waals surface area (Å²) in [6.07, 6.45) is 2.85. The van der Waals surface area contributed by atoms with Gasteiger partial charge in [0.05, 0.1) is 0 Å². The molecule has 0 saturated carbocycles. The van der Waals surface area contributed by atoms with Gasteiger partial charge in [0.1, 0.15) is 11.3 Å². The van der Waals surface area contributed by atoms with E-state index in [2.05, 4.69) is 46.2 Å². The van der Waals surface area contributed by atoms with Gasteiger partial charge >= 0.3 is 0 Å². The number of aryl methyl sites for hydroxylation is 1. The lowest BCUT2D eigenvalue weighted by atomic mass is 9.93. The van der Waals surface area contributed by atoms with E-state index in [1.807, 2.05) is 18.3 Å². The van der Waals surface area contributed by atoms with Gasteiger partial charge in [-0.2, -0.15) is 0 Å². The van der Waals surface area contributed by atoms with Crippen LogP contribution in [0.25, 0.3) is 11.2 Å². The third-order valence-electron chi connectivity index (χ3n) is 4.05. The first-order valence-electron chi connectivity index (χ1n) is 6.92. The SMILES string of the molecule is Cn1c(C2CNc3ccccc3C2)nc2cccnc21. The Labute approximate surface area is 117 Å². The molecule has 3 heterocycles. The fourth-order valence-electron chi connectivity index (χ4n) is 3.03. The average Bonchev–Trinajstić information content (AvgIpc) is 2.84. The number of para-hydroxylation sites is 1. The fraction of sp³-hybridized carbons (Fsp3) is 0.250. The topological polar surface area (TPSA) is 42.7 Å². The van der Waals surface area contributed by atoms with E-state index in [4.69, 9.17) is 4.98 Å². The van der Waals surface area contributed by atoms with Crippen LogP contribution in [0.1, 0.15) is 17.3 Å². The molecular weight excluding hydrogens is 248 g/mol. The van der Waals surface area contributed by atoms with E-state index in [9.17, 15) is 0 Å². The predicted octanol–water partition coefficient (Wildman–Crippen LogP) is 2.72. The maximum absolute atomic E-state index is 4.77. The Morgan fingerprint density at radius 3 is 3.00 bits per heavy atom. The van der Waals surface area contributed by atoms with Gasteiger partial charge in [0.2, 0.25) is 0 Å². The smallest absolute Gasteiger partial charge is 0.159 e. The van der Waals surface area contributed by atoms with Crippen LogP contribution in [0.4, 0.5) is 5.69 Å². The number of aromatic nitrogens is 3. The average molecular weight is 264 g/mol. The summed E-state index contributed by atoms with van der Waals surface area (Å²) in [5, 5.41) is 3.51. The molecule has 1 N–H and O–H groups in total. The Bertz CT molecular complexity index is 775. The van der Waals surface area contributed by atoms with E-state index in [-0.39, 0.29) is 0 Å². The number of benzene rings is 1. The third kappa shape index (κ3) is 1.68. The first-order valence-corrected chi connectivity index (χ1v) is 6.92. The van der Waals surface area contributed by atoms with Gasteiger partial charge in [0, 0.05) is 31.4 Å². The van der Waals surface area contributed by atoms with Crippen LogP contribution >= 0.6 is 0 Å². The summed E-state index contributed by atoms with van der Waals surface area (Å²) in [6, 6.07) is 12.5. The van der Waals surface area contributed by atoms with Crippen molar-refractivity contribution >= 4 is 16.9 Å². The second kappa shape index (κ2) is 4.34. The largest absolute Gasteiger partial charge is 0.384 e. The van der Waals surface area contributed by atoms with Crippen molar-refractivity contribution in [3.05, 3.63) is 54.0 Å². The number of fused-ring (bicyclic) bond motifs is 2. The molecule has 0 saturated heterocycles. The Balaban J connectivity index is 1.76. The molecule has 1 atom stereocenters. The van der Waals surface area contributed by atoms with Crippen LogP contribution in [0.2, 0.25) is 0 Å². The van der Waals surface area contributed by atoms with Crippen LogP contribution in [0, 0.1) is 0 Å². The summed E-state index contributed by atoms with van der Waals surface area (Å²) in [4.78, 5) is 9.19. The summed E-state index contributed by atoms with van der Waals surface area (Å²) in [7, 11) is 2.05. The van der Waals surface area contributed by atoms with E-state index < -0.39 is 0 Å². The van der Waals surface area contributed by atoms with Gasteiger partial charge in [0.25, 0.3) is 0 Å². The van der Waals surface area contributed by atoms with Gasteiger partial charge < -0.3 is 9.88 Å². The molecule has 3 aromatic rings. The Kier molecular flexibility index (Phi) is 2.49. The minimum atomic E-state index is 0.393. The van der Waals surface area contributed by atoms with Crippen molar-refractivity contribution in [3.8, 4) is 0 Å². The molecule has 20 heavy (non-hydrogen) atoms. The molecule has 0 aliphatic carbocycles. The lowest BCUT2D eigenvalue weighted by Crippen LogP contribution is -2.23. The summed E-state index contributed by atoms with van der Waals surface area (Å²) < 4.78 is 2.12. The predicted molar refractivity (Wildman–Crippen MR) is 79.9 cm³/mol. The highest BCUT2D eigenvalue weighted by Crippen LogP contribution is 2.30. The van der Waals surface area contributed by atoms with Gasteiger partial charge in [-0.05, 0) is 30.2 Å². The number of rotatable bonds is 1. The number of nitrogens with zero attached hydrogens (tertiary/aromatic N) is 3. The van der Waals surface area contributed by atoms with Crippen LogP contribution in [-0.4, -0.2) is 21.1 Å². The second-order valence-electron chi connectivity index (χ2n) is 5.31. The number of hydrogen-bond acceptors (Lipinski definition) is 3. The minimum absolute atomic E-state index is 0.393. The van der Waals surface area contributed by atoms with Crippen LogP contribution in [0.15, 0.2) is 42.6 Å². The first-order chi connectivity index (χ1) is 9.83. The summed E-state index contributed by atoms with van der Waals surface area (Å²) in [6.45, 7) is 0.925. The number of anilines is 1. The fourth-order valence-corrected chi connectivity index (χ4v) is 3.03. The zero-order chi connectivity index (χ0) is 13.5. The molecule has 4 heteroatoms. The minimum Gasteiger partial charge on any atom is -0.384 e. The Hall–Kier alpha value is -2.36. The van der Waals surface area contributed by atoms with E-state index in [0.29, 0.717) is 5.92 Å². The highest BCUT2D eigenvalue weighted by Gasteiger charge is 2.24. The Morgan fingerprint density at radius 2 is 2.10 bits per heavy atom. The van der Waals surface area contributed by atoms with Crippen LogP contribution in [0.3, 0.4) is 0 Å². The zero-order valence-corrected chi connectivity index (χ0v) is 11.4. The lowest BCUT2D eigenvalue weighted by molar-refractivity contribution is 0.622. The molecule has 0 amide bonds. The van der Waals surface area contributed by atoms with E-state index in [1.54, 1.807) is 0 Å². The van der Waals surface area contributed by atoms with E-state index in [0.717, 1.165) is 30.0 Å².